The van der Waals surface area contributed by atoms with Gasteiger partial charge in [0.05, 0.1) is 11.9 Å². The SMILES string of the molecule is CC[C@H](C)NC(=O)[C@@H](C)N(Cc1ccccc1F)C(=O)CCCN(c1ccc(F)c(F)c1)S(C)(=O)=O. The molecule has 0 fully saturated rings. The standard InChI is InChI=1S/C25H32F3N3O4S/c1-5-17(2)29-25(33)18(3)30(16-19-9-6-7-10-21(19)26)24(32)11-8-14-31(36(4,34)35)20-12-13-22(27)23(28)15-20/h6-7,9-10,12-13,15,17-18H,5,8,11,14,16H2,1-4H3,(H,29,33)/t17-,18+/m0/s1. The highest BCUT2D eigenvalue weighted by Crippen LogP contribution is 2.22. The van der Waals surface area contributed by atoms with Gasteiger partial charge in [-0.2, -0.15) is 0 Å². The predicted molar refractivity (Wildman–Crippen MR) is 132 cm³/mol. The normalized spacial score (nSPS) is 13.1. The maximum Gasteiger partial charge on any atom is 0.242 e. The zero-order valence-corrected chi connectivity index (χ0v) is 21.6. The number of anilines is 1. The highest BCUT2D eigenvalue weighted by atomic mass is 32.2. The molecular formula is C25H32F3N3O4S. The van der Waals surface area contributed by atoms with Crippen molar-refractivity contribution in [3.05, 3.63) is 65.5 Å². The molecule has 0 aliphatic carbocycles. The van der Waals surface area contributed by atoms with E-state index in [0.29, 0.717) is 6.42 Å². The second kappa shape index (κ2) is 12.8. The van der Waals surface area contributed by atoms with Crippen LogP contribution >= 0.6 is 0 Å². The van der Waals surface area contributed by atoms with Crippen LogP contribution in [-0.4, -0.2) is 50.0 Å². The Bertz CT molecular complexity index is 1180. The summed E-state index contributed by atoms with van der Waals surface area (Å²) in [5, 5.41) is 2.81. The fraction of sp³-hybridized carbons (Fsp3) is 0.440. The molecule has 7 nitrogen and oxygen atoms in total. The van der Waals surface area contributed by atoms with Crippen molar-refractivity contribution in [2.45, 2.75) is 58.7 Å². The summed E-state index contributed by atoms with van der Waals surface area (Å²) in [5.41, 5.74) is 0.155. The van der Waals surface area contributed by atoms with Crippen LogP contribution < -0.4 is 9.62 Å². The zero-order valence-electron chi connectivity index (χ0n) is 20.8. The van der Waals surface area contributed by atoms with E-state index in [1.54, 1.807) is 13.0 Å². The van der Waals surface area contributed by atoms with Gasteiger partial charge in [0.2, 0.25) is 21.8 Å². The summed E-state index contributed by atoms with van der Waals surface area (Å²) < 4.78 is 66.7. The Morgan fingerprint density at radius 1 is 1.00 bits per heavy atom. The number of halogens is 3. The molecule has 11 heteroatoms. The van der Waals surface area contributed by atoms with Gasteiger partial charge in [-0.15, -0.1) is 0 Å². The van der Waals surface area contributed by atoms with Crippen LogP contribution in [0.15, 0.2) is 42.5 Å². The summed E-state index contributed by atoms with van der Waals surface area (Å²) in [4.78, 5) is 27.2. The van der Waals surface area contributed by atoms with Gasteiger partial charge >= 0.3 is 0 Å². The van der Waals surface area contributed by atoms with Crippen molar-refractivity contribution in [2.75, 3.05) is 17.1 Å². The molecule has 2 atom stereocenters. The van der Waals surface area contributed by atoms with Gasteiger partial charge in [0.1, 0.15) is 11.9 Å². The van der Waals surface area contributed by atoms with Crippen molar-refractivity contribution < 1.29 is 31.2 Å². The third-order valence-corrected chi connectivity index (χ3v) is 7.00. The van der Waals surface area contributed by atoms with Gasteiger partial charge in [-0.3, -0.25) is 13.9 Å². The summed E-state index contributed by atoms with van der Waals surface area (Å²) in [5.74, 6) is -3.71. The van der Waals surface area contributed by atoms with E-state index in [1.165, 1.54) is 23.1 Å². The lowest BCUT2D eigenvalue weighted by molar-refractivity contribution is -0.141. The van der Waals surface area contributed by atoms with Crippen molar-refractivity contribution >= 4 is 27.5 Å². The van der Waals surface area contributed by atoms with Gasteiger partial charge in [-0.1, -0.05) is 25.1 Å². The van der Waals surface area contributed by atoms with Gasteiger partial charge in [-0.25, -0.2) is 21.6 Å². The topological polar surface area (TPSA) is 86.8 Å². The first-order valence-electron chi connectivity index (χ1n) is 11.6. The molecule has 2 aromatic carbocycles. The van der Waals surface area contributed by atoms with E-state index in [-0.39, 0.29) is 43.2 Å². The number of rotatable bonds is 12. The minimum atomic E-state index is -3.86. The monoisotopic (exact) mass is 527 g/mol. The lowest BCUT2D eigenvalue weighted by atomic mass is 10.1. The van der Waals surface area contributed by atoms with E-state index >= 15 is 0 Å². The third-order valence-electron chi connectivity index (χ3n) is 5.81. The Morgan fingerprint density at radius 2 is 1.67 bits per heavy atom. The van der Waals surface area contributed by atoms with Crippen LogP contribution in [0.25, 0.3) is 0 Å². The number of nitrogens with zero attached hydrogens (tertiary/aromatic N) is 2. The summed E-state index contributed by atoms with van der Waals surface area (Å²) in [6.45, 7) is 4.93. The molecule has 2 aromatic rings. The van der Waals surface area contributed by atoms with Gasteiger partial charge in [-0.05, 0) is 44.9 Å². The third kappa shape index (κ3) is 7.97. The van der Waals surface area contributed by atoms with Gasteiger partial charge in [0.15, 0.2) is 11.6 Å². The maximum atomic E-state index is 14.3. The smallest absolute Gasteiger partial charge is 0.242 e. The molecule has 0 aliphatic heterocycles. The molecule has 0 spiro atoms. The van der Waals surface area contributed by atoms with Crippen molar-refractivity contribution in [1.29, 1.82) is 0 Å². The first-order valence-corrected chi connectivity index (χ1v) is 13.5. The lowest BCUT2D eigenvalue weighted by Crippen LogP contribution is -2.49. The van der Waals surface area contributed by atoms with E-state index < -0.39 is 45.3 Å². The minimum Gasteiger partial charge on any atom is -0.352 e. The first-order chi connectivity index (χ1) is 16.8. The average molecular weight is 528 g/mol. The van der Waals surface area contributed by atoms with Crippen molar-refractivity contribution in [3.8, 4) is 0 Å². The van der Waals surface area contributed by atoms with Crippen molar-refractivity contribution in [2.24, 2.45) is 0 Å². The molecule has 2 amide bonds. The summed E-state index contributed by atoms with van der Waals surface area (Å²) >= 11 is 0. The maximum absolute atomic E-state index is 14.3. The molecule has 0 saturated heterocycles. The number of sulfonamides is 1. The molecular weight excluding hydrogens is 495 g/mol. The molecule has 198 valence electrons. The van der Waals surface area contributed by atoms with E-state index in [2.05, 4.69) is 5.32 Å². The molecule has 0 radical (unpaired) electrons. The number of hydrogen-bond acceptors (Lipinski definition) is 4. The number of nitrogens with one attached hydrogen (secondary N) is 1. The van der Waals surface area contributed by atoms with E-state index in [0.717, 1.165) is 28.8 Å². The first kappa shape index (κ1) is 29.2. The zero-order chi connectivity index (χ0) is 27.0. The van der Waals surface area contributed by atoms with Crippen molar-refractivity contribution in [1.82, 2.24) is 10.2 Å². The Kier molecular flexibility index (Phi) is 10.3. The van der Waals surface area contributed by atoms with Crippen LogP contribution in [0.3, 0.4) is 0 Å². The number of hydrogen-bond donors (Lipinski definition) is 1. The lowest BCUT2D eigenvalue weighted by Gasteiger charge is -2.30. The molecule has 0 saturated carbocycles. The summed E-state index contributed by atoms with van der Waals surface area (Å²) in [7, 11) is -3.86. The molecule has 0 heterocycles. The quantitative estimate of drug-likeness (QED) is 0.452. The van der Waals surface area contributed by atoms with Crippen LogP contribution in [0.1, 0.15) is 45.6 Å². The number of benzene rings is 2. The van der Waals surface area contributed by atoms with Crippen LogP contribution in [0.2, 0.25) is 0 Å². The highest BCUT2D eigenvalue weighted by Gasteiger charge is 2.28. The number of carbonyl (C=O) groups excluding carboxylic acids is 2. The highest BCUT2D eigenvalue weighted by molar-refractivity contribution is 7.92. The second-order valence-corrected chi connectivity index (χ2v) is 10.6. The van der Waals surface area contributed by atoms with Crippen molar-refractivity contribution in [3.63, 3.8) is 0 Å². The van der Waals surface area contributed by atoms with Gasteiger partial charge in [0.25, 0.3) is 0 Å². The molecule has 36 heavy (non-hydrogen) atoms. The van der Waals surface area contributed by atoms with Crippen LogP contribution in [0, 0.1) is 17.5 Å². The molecule has 2 rings (SSSR count). The van der Waals surface area contributed by atoms with E-state index in [9.17, 15) is 31.2 Å². The molecule has 0 unspecified atom stereocenters. The average Bonchev–Trinajstić information content (AvgIpc) is 2.81. The molecule has 0 aromatic heterocycles. The number of carbonyl (C=O) groups is 2. The molecule has 1 N–H and O–H groups in total. The number of amides is 2. The Hall–Kier alpha value is -3.08. The van der Waals surface area contributed by atoms with E-state index in [4.69, 9.17) is 0 Å². The Morgan fingerprint density at radius 3 is 2.25 bits per heavy atom. The predicted octanol–water partition coefficient (Wildman–Crippen LogP) is 3.98. The fourth-order valence-corrected chi connectivity index (χ4v) is 4.46. The summed E-state index contributed by atoms with van der Waals surface area (Å²) in [6, 6.07) is 7.60. The molecule has 0 aliphatic rings. The van der Waals surface area contributed by atoms with Crippen LogP contribution in [0.5, 0.6) is 0 Å². The molecule has 0 bridgehead atoms. The minimum absolute atomic E-state index is 0.0262. The Balaban J connectivity index is 2.20. The van der Waals surface area contributed by atoms with Crippen LogP contribution in [0.4, 0.5) is 18.9 Å². The van der Waals surface area contributed by atoms with Crippen LogP contribution in [-0.2, 0) is 26.2 Å². The Labute approximate surface area is 210 Å². The second-order valence-electron chi connectivity index (χ2n) is 8.64. The van der Waals surface area contributed by atoms with Gasteiger partial charge in [0, 0.05) is 37.2 Å². The largest absolute Gasteiger partial charge is 0.352 e. The van der Waals surface area contributed by atoms with Gasteiger partial charge < -0.3 is 10.2 Å². The summed E-state index contributed by atoms with van der Waals surface area (Å²) in [6.07, 6.45) is 1.47. The van der Waals surface area contributed by atoms with E-state index in [1.807, 2.05) is 13.8 Å². The fourth-order valence-electron chi connectivity index (χ4n) is 3.50.